The van der Waals surface area contributed by atoms with Crippen LogP contribution in [0.25, 0.3) is 0 Å². The number of hydrogen-bond donors (Lipinski definition) is 2. The van der Waals surface area contributed by atoms with Gasteiger partial charge in [-0.25, -0.2) is 0 Å². The van der Waals surface area contributed by atoms with E-state index in [4.69, 9.17) is 9.47 Å². The fraction of sp³-hybridized carbons (Fsp3) is 0.538. The van der Waals surface area contributed by atoms with Gasteiger partial charge in [0.15, 0.2) is 0 Å². The fourth-order valence-electron chi connectivity index (χ4n) is 4.96. The summed E-state index contributed by atoms with van der Waals surface area (Å²) in [5.41, 5.74) is 2.91. The Balaban J connectivity index is 1.55. The van der Waals surface area contributed by atoms with Gasteiger partial charge in [-0.15, -0.1) is 0 Å². The normalized spacial score (nSPS) is 20.8. The molecule has 2 aliphatic heterocycles. The second-order valence-corrected chi connectivity index (χ2v) is 9.32. The molecule has 2 atom stereocenters. The highest BCUT2D eigenvalue weighted by atomic mass is 16.5. The maximum absolute atomic E-state index is 13.3. The van der Waals surface area contributed by atoms with E-state index >= 15 is 0 Å². The zero-order chi connectivity index (χ0) is 25.7. The Morgan fingerprint density at radius 3 is 2.72 bits per heavy atom. The number of hydrogen-bond acceptors (Lipinski definition) is 6. The molecule has 194 valence electrons. The number of ether oxygens (including phenoxy) is 2. The van der Waals surface area contributed by atoms with Crippen molar-refractivity contribution in [1.82, 2.24) is 25.3 Å². The van der Waals surface area contributed by atoms with Gasteiger partial charge in [-0.2, -0.15) is 5.10 Å². The summed E-state index contributed by atoms with van der Waals surface area (Å²) in [5, 5.41) is 10.0. The molecule has 0 radical (unpaired) electrons. The topological polar surface area (TPSA) is 117 Å². The first-order valence-electron chi connectivity index (χ1n) is 12.6. The Morgan fingerprint density at radius 1 is 1.17 bits per heavy atom. The number of carbonyl (C=O) groups is 3. The van der Waals surface area contributed by atoms with Gasteiger partial charge >= 0.3 is 0 Å². The molecule has 0 aliphatic carbocycles. The molecule has 1 saturated heterocycles. The van der Waals surface area contributed by atoms with Gasteiger partial charge in [-0.3, -0.25) is 19.5 Å². The molecule has 2 bridgehead atoms. The van der Waals surface area contributed by atoms with Crippen molar-refractivity contribution in [3.63, 3.8) is 0 Å². The average molecular weight is 498 g/mol. The lowest BCUT2D eigenvalue weighted by Gasteiger charge is -2.25. The summed E-state index contributed by atoms with van der Waals surface area (Å²) in [6, 6.07) is 7.74. The van der Waals surface area contributed by atoms with Gasteiger partial charge in [0.05, 0.1) is 23.8 Å². The van der Waals surface area contributed by atoms with Crippen LogP contribution in [-0.2, 0) is 14.3 Å². The molecule has 2 aromatic rings. The van der Waals surface area contributed by atoms with Crippen molar-refractivity contribution < 1.29 is 23.9 Å². The first-order chi connectivity index (χ1) is 17.4. The summed E-state index contributed by atoms with van der Waals surface area (Å²) in [4.78, 5) is 42.7. The number of H-pyrrole nitrogens is 1. The molecule has 1 aromatic carbocycles. The number of aromatic amines is 1. The van der Waals surface area contributed by atoms with E-state index in [1.54, 1.807) is 16.7 Å². The molecule has 1 fully saturated rings. The Hall–Kier alpha value is -3.40. The third-order valence-electron chi connectivity index (χ3n) is 6.88. The maximum atomic E-state index is 13.3. The van der Waals surface area contributed by atoms with Crippen molar-refractivity contribution in [2.45, 2.75) is 33.1 Å². The van der Waals surface area contributed by atoms with Crippen LogP contribution in [0.1, 0.15) is 46.6 Å². The van der Waals surface area contributed by atoms with E-state index in [-0.39, 0.29) is 30.2 Å². The van der Waals surface area contributed by atoms with Gasteiger partial charge in [0.2, 0.25) is 11.8 Å². The van der Waals surface area contributed by atoms with Crippen LogP contribution in [-0.4, -0.2) is 90.3 Å². The van der Waals surface area contributed by atoms with Crippen LogP contribution in [0.3, 0.4) is 0 Å². The minimum absolute atomic E-state index is 0.00459. The number of benzene rings is 1. The molecular formula is C26H35N5O5. The van der Waals surface area contributed by atoms with E-state index in [0.717, 1.165) is 11.3 Å². The molecule has 0 unspecified atom stereocenters. The lowest BCUT2D eigenvalue weighted by Crippen LogP contribution is -2.42. The SMILES string of the molecule is CCOCC(=O)N1C[C@@H]2C(=O)NCCN(C(=O)c3c(C)n[nH]c3C)CCCOc3cccc(c3)[C@H]2C1. The number of nitrogens with zero attached hydrogens (tertiary/aromatic N) is 3. The third kappa shape index (κ3) is 5.70. The van der Waals surface area contributed by atoms with E-state index in [1.807, 2.05) is 38.1 Å². The van der Waals surface area contributed by atoms with Gasteiger partial charge in [-0.05, 0) is 44.9 Å². The molecule has 2 aliphatic rings. The van der Waals surface area contributed by atoms with E-state index < -0.39 is 5.92 Å². The predicted molar refractivity (Wildman–Crippen MR) is 133 cm³/mol. The molecule has 2 N–H and O–H groups in total. The second-order valence-electron chi connectivity index (χ2n) is 9.32. The summed E-state index contributed by atoms with van der Waals surface area (Å²) >= 11 is 0. The van der Waals surface area contributed by atoms with Crippen molar-refractivity contribution in [1.29, 1.82) is 0 Å². The quantitative estimate of drug-likeness (QED) is 0.664. The molecule has 3 heterocycles. The molecule has 4 rings (SSSR count). The molecule has 3 amide bonds. The lowest BCUT2D eigenvalue weighted by atomic mass is 9.88. The number of rotatable bonds is 4. The number of fused-ring (bicyclic) bond motifs is 4. The van der Waals surface area contributed by atoms with Crippen LogP contribution < -0.4 is 10.1 Å². The minimum Gasteiger partial charge on any atom is -0.494 e. The number of aryl methyl sites for hydroxylation is 2. The number of amides is 3. The number of aromatic nitrogens is 2. The predicted octanol–water partition coefficient (Wildman–Crippen LogP) is 1.65. The highest BCUT2D eigenvalue weighted by Crippen LogP contribution is 2.34. The first-order valence-corrected chi connectivity index (χ1v) is 12.6. The summed E-state index contributed by atoms with van der Waals surface area (Å²) < 4.78 is 11.3. The van der Waals surface area contributed by atoms with Crippen molar-refractivity contribution in [2.24, 2.45) is 5.92 Å². The monoisotopic (exact) mass is 497 g/mol. The largest absolute Gasteiger partial charge is 0.494 e. The Labute approximate surface area is 211 Å². The van der Waals surface area contributed by atoms with E-state index in [2.05, 4.69) is 15.5 Å². The van der Waals surface area contributed by atoms with Crippen LogP contribution in [0.4, 0.5) is 0 Å². The molecule has 1 aromatic heterocycles. The summed E-state index contributed by atoms with van der Waals surface area (Å²) in [7, 11) is 0. The van der Waals surface area contributed by atoms with Gasteiger partial charge in [-0.1, -0.05) is 12.1 Å². The van der Waals surface area contributed by atoms with Gasteiger partial charge in [0.25, 0.3) is 5.91 Å². The lowest BCUT2D eigenvalue weighted by molar-refractivity contribution is -0.135. The van der Waals surface area contributed by atoms with Crippen LogP contribution in [0.2, 0.25) is 0 Å². The molecule has 10 heteroatoms. The second kappa shape index (κ2) is 11.6. The van der Waals surface area contributed by atoms with Crippen molar-refractivity contribution in [3.05, 3.63) is 46.8 Å². The number of nitrogens with one attached hydrogen (secondary N) is 2. The Bertz CT molecular complexity index is 1080. The smallest absolute Gasteiger partial charge is 0.257 e. The Morgan fingerprint density at radius 2 is 1.97 bits per heavy atom. The van der Waals surface area contributed by atoms with Gasteiger partial charge in [0, 0.05) is 50.9 Å². The van der Waals surface area contributed by atoms with Crippen LogP contribution in [0.5, 0.6) is 5.75 Å². The average Bonchev–Trinajstić information content (AvgIpc) is 3.46. The molecule has 10 nitrogen and oxygen atoms in total. The molecule has 0 saturated carbocycles. The fourth-order valence-corrected chi connectivity index (χ4v) is 4.96. The van der Waals surface area contributed by atoms with E-state index in [1.165, 1.54) is 0 Å². The maximum Gasteiger partial charge on any atom is 0.257 e. The molecular weight excluding hydrogens is 462 g/mol. The highest BCUT2D eigenvalue weighted by molar-refractivity contribution is 5.96. The zero-order valence-corrected chi connectivity index (χ0v) is 21.2. The third-order valence-corrected chi connectivity index (χ3v) is 6.88. The number of likely N-dealkylation sites (tertiary alicyclic amines) is 1. The van der Waals surface area contributed by atoms with Crippen molar-refractivity contribution >= 4 is 17.7 Å². The summed E-state index contributed by atoms with van der Waals surface area (Å²) in [6.07, 6.45) is 0.644. The van der Waals surface area contributed by atoms with E-state index in [0.29, 0.717) is 69.4 Å². The molecule has 0 spiro atoms. The van der Waals surface area contributed by atoms with Gasteiger partial charge in [0.1, 0.15) is 12.4 Å². The van der Waals surface area contributed by atoms with Crippen molar-refractivity contribution in [3.8, 4) is 5.75 Å². The zero-order valence-electron chi connectivity index (χ0n) is 21.2. The van der Waals surface area contributed by atoms with Gasteiger partial charge < -0.3 is 24.6 Å². The molecule has 36 heavy (non-hydrogen) atoms. The van der Waals surface area contributed by atoms with Crippen LogP contribution in [0, 0.1) is 19.8 Å². The summed E-state index contributed by atoms with van der Waals surface area (Å²) in [6.45, 7) is 8.33. The van der Waals surface area contributed by atoms with Crippen LogP contribution in [0.15, 0.2) is 24.3 Å². The van der Waals surface area contributed by atoms with Crippen LogP contribution >= 0.6 is 0 Å². The highest BCUT2D eigenvalue weighted by Gasteiger charge is 2.40. The Kier molecular flexibility index (Phi) is 8.25. The standard InChI is InChI=1S/C26H35N5O5/c1-4-35-16-23(32)31-14-21-19-7-5-8-20(13-19)36-12-6-10-30(11-9-27-25(33)22(21)15-31)26(34)24-17(2)28-29-18(24)3/h5,7-8,13,21-22H,4,6,9-12,14-16H2,1-3H3,(H,27,33)(H,28,29)/t21-,22+/m1/s1. The summed E-state index contributed by atoms with van der Waals surface area (Å²) in [5.74, 6) is -0.216. The minimum atomic E-state index is -0.406. The first kappa shape index (κ1) is 25.7. The number of carbonyl (C=O) groups excluding carboxylic acids is 3. The van der Waals surface area contributed by atoms with Crippen molar-refractivity contribution in [2.75, 3.05) is 52.5 Å². The van der Waals surface area contributed by atoms with E-state index in [9.17, 15) is 14.4 Å².